The van der Waals surface area contributed by atoms with Crippen molar-refractivity contribution < 1.29 is 19.1 Å². The maximum atomic E-state index is 12.4. The van der Waals surface area contributed by atoms with Crippen LogP contribution in [0.2, 0.25) is 0 Å². The van der Waals surface area contributed by atoms with Crippen molar-refractivity contribution in [2.75, 3.05) is 46.4 Å². The third-order valence-electron chi connectivity index (χ3n) is 5.71. The van der Waals surface area contributed by atoms with Crippen LogP contribution in [0.25, 0.3) is 0 Å². The highest BCUT2D eigenvalue weighted by Crippen LogP contribution is 2.20. The molecule has 0 bridgehead atoms. The molecule has 2 fully saturated rings. The highest BCUT2D eigenvalue weighted by atomic mass is 16.5. The van der Waals surface area contributed by atoms with Crippen molar-refractivity contribution in [3.63, 3.8) is 0 Å². The van der Waals surface area contributed by atoms with Crippen molar-refractivity contribution in [1.29, 1.82) is 0 Å². The van der Waals surface area contributed by atoms with Crippen LogP contribution in [0.5, 0.6) is 0 Å². The summed E-state index contributed by atoms with van der Waals surface area (Å²) >= 11 is 0. The maximum absolute atomic E-state index is 12.4. The van der Waals surface area contributed by atoms with Gasteiger partial charge in [-0.25, -0.2) is 4.79 Å². The lowest BCUT2D eigenvalue weighted by atomic mass is 9.96. The van der Waals surface area contributed by atoms with Gasteiger partial charge in [-0.1, -0.05) is 30.3 Å². The lowest BCUT2D eigenvalue weighted by Crippen LogP contribution is -2.55. The zero-order valence-corrected chi connectivity index (χ0v) is 17.1. The lowest BCUT2D eigenvalue weighted by molar-refractivity contribution is -0.153. The molecule has 8 nitrogen and oxygen atoms in total. The molecule has 1 aromatic rings. The van der Waals surface area contributed by atoms with Gasteiger partial charge in [-0.2, -0.15) is 0 Å². The van der Waals surface area contributed by atoms with Crippen molar-refractivity contribution in [2.45, 2.75) is 31.6 Å². The number of morpholine rings is 1. The standard InChI is InChI=1S/C21H32N4O4/c1-23-21(27)25-9-7-16(8-10-25)13-24-11-12-28-18(14-24)19(22)20(26)29-15-17-5-3-2-4-6-17/h2-6,16,18-19H,7-15,22H2,1H3,(H,23,27). The summed E-state index contributed by atoms with van der Waals surface area (Å²) in [5.41, 5.74) is 7.07. The number of esters is 1. The largest absolute Gasteiger partial charge is 0.460 e. The Balaban J connectivity index is 1.42. The van der Waals surface area contributed by atoms with E-state index in [0.29, 0.717) is 19.1 Å². The Hall–Kier alpha value is -2.16. The van der Waals surface area contributed by atoms with Crippen LogP contribution in [0.4, 0.5) is 4.79 Å². The number of nitrogens with zero attached hydrogens (tertiary/aromatic N) is 2. The van der Waals surface area contributed by atoms with E-state index in [1.807, 2.05) is 35.2 Å². The van der Waals surface area contributed by atoms with Gasteiger partial charge >= 0.3 is 12.0 Å². The molecule has 0 saturated carbocycles. The third-order valence-corrected chi connectivity index (χ3v) is 5.71. The molecule has 3 N–H and O–H groups in total. The molecule has 8 heteroatoms. The van der Waals surface area contributed by atoms with Gasteiger partial charge < -0.3 is 25.4 Å². The average Bonchev–Trinajstić information content (AvgIpc) is 2.77. The van der Waals surface area contributed by atoms with Crippen LogP contribution in [0.1, 0.15) is 18.4 Å². The zero-order valence-electron chi connectivity index (χ0n) is 17.1. The monoisotopic (exact) mass is 404 g/mol. The highest BCUT2D eigenvalue weighted by molar-refractivity contribution is 5.76. The predicted molar refractivity (Wildman–Crippen MR) is 109 cm³/mol. The molecule has 2 amide bonds. The van der Waals surface area contributed by atoms with Crippen LogP contribution >= 0.6 is 0 Å². The first-order valence-electron chi connectivity index (χ1n) is 10.3. The summed E-state index contributed by atoms with van der Waals surface area (Å²) in [6.45, 7) is 4.73. The predicted octanol–water partition coefficient (Wildman–Crippen LogP) is 0.809. The van der Waals surface area contributed by atoms with E-state index >= 15 is 0 Å². The van der Waals surface area contributed by atoms with Crippen LogP contribution in [0.3, 0.4) is 0 Å². The van der Waals surface area contributed by atoms with E-state index in [1.165, 1.54) is 0 Å². The fourth-order valence-corrected chi connectivity index (χ4v) is 3.93. The number of nitrogens with one attached hydrogen (secondary N) is 1. The fourth-order valence-electron chi connectivity index (χ4n) is 3.93. The zero-order chi connectivity index (χ0) is 20.6. The number of piperidine rings is 1. The third kappa shape index (κ3) is 6.16. The van der Waals surface area contributed by atoms with E-state index < -0.39 is 12.0 Å². The van der Waals surface area contributed by atoms with E-state index in [0.717, 1.165) is 44.6 Å². The van der Waals surface area contributed by atoms with Crippen molar-refractivity contribution in [1.82, 2.24) is 15.1 Å². The molecule has 3 rings (SSSR count). The number of rotatable bonds is 6. The van der Waals surface area contributed by atoms with Crippen molar-refractivity contribution in [3.8, 4) is 0 Å². The quantitative estimate of drug-likeness (QED) is 0.681. The van der Waals surface area contributed by atoms with Crippen LogP contribution in [0, 0.1) is 5.92 Å². The van der Waals surface area contributed by atoms with Gasteiger partial charge in [-0.15, -0.1) is 0 Å². The Labute approximate surface area is 172 Å². The van der Waals surface area contributed by atoms with Crippen LogP contribution in [-0.4, -0.2) is 80.3 Å². The van der Waals surface area contributed by atoms with E-state index in [2.05, 4.69) is 10.2 Å². The topological polar surface area (TPSA) is 97.1 Å². The van der Waals surface area contributed by atoms with Gasteiger partial charge in [0.2, 0.25) is 0 Å². The molecule has 0 aliphatic carbocycles. The Kier molecular flexibility index (Phi) is 7.85. The molecule has 2 saturated heterocycles. The number of hydrogen-bond donors (Lipinski definition) is 2. The summed E-state index contributed by atoms with van der Waals surface area (Å²) in [5, 5.41) is 2.68. The number of likely N-dealkylation sites (tertiary alicyclic amines) is 1. The second-order valence-electron chi connectivity index (χ2n) is 7.77. The molecule has 0 radical (unpaired) electrons. The van der Waals surface area contributed by atoms with Crippen molar-refractivity contribution >= 4 is 12.0 Å². The van der Waals surface area contributed by atoms with E-state index in [1.54, 1.807) is 7.05 Å². The lowest BCUT2D eigenvalue weighted by Gasteiger charge is -2.39. The fraction of sp³-hybridized carbons (Fsp3) is 0.619. The molecule has 0 aromatic heterocycles. The number of carbonyl (C=O) groups excluding carboxylic acids is 2. The molecule has 0 spiro atoms. The Morgan fingerprint density at radius 2 is 1.97 bits per heavy atom. The minimum atomic E-state index is -0.795. The van der Waals surface area contributed by atoms with Crippen molar-refractivity contribution in [3.05, 3.63) is 35.9 Å². The molecule has 29 heavy (non-hydrogen) atoms. The molecule has 2 aliphatic rings. The number of nitrogens with two attached hydrogens (primary N) is 1. The maximum Gasteiger partial charge on any atom is 0.326 e. The molecular formula is C21H32N4O4. The van der Waals surface area contributed by atoms with E-state index in [4.69, 9.17) is 15.2 Å². The van der Waals surface area contributed by atoms with Crippen LogP contribution in [0.15, 0.2) is 30.3 Å². The summed E-state index contributed by atoms with van der Waals surface area (Å²) in [4.78, 5) is 28.2. The second-order valence-corrected chi connectivity index (χ2v) is 7.77. The number of ether oxygens (including phenoxy) is 2. The van der Waals surface area contributed by atoms with E-state index in [-0.39, 0.29) is 18.7 Å². The second kappa shape index (κ2) is 10.6. The number of hydrogen-bond acceptors (Lipinski definition) is 6. The van der Waals surface area contributed by atoms with Gasteiger partial charge in [-0.3, -0.25) is 9.69 Å². The van der Waals surface area contributed by atoms with Gasteiger partial charge in [0.05, 0.1) is 12.7 Å². The summed E-state index contributed by atoms with van der Waals surface area (Å²) in [6, 6.07) is 8.75. The first kappa shape index (κ1) is 21.5. The van der Waals surface area contributed by atoms with Gasteiger partial charge in [0.15, 0.2) is 0 Å². The molecule has 2 atom stereocenters. The van der Waals surface area contributed by atoms with Gasteiger partial charge in [0, 0.05) is 39.8 Å². The van der Waals surface area contributed by atoms with Gasteiger partial charge in [0.1, 0.15) is 12.6 Å². The SMILES string of the molecule is CNC(=O)N1CCC(CN2CCOC(C(N)C(=O)OCc3ccccc3)C2)CC1. The number of amides is 2. The average molecular weight is 405 g/mol. The molecule has 2 unspecified atom stereocenters. The van der Waals surface area contributed by atoms with Crippen LogP contribution in [-0.2, 0) is 20.9 Å². The first-order valence-corrected chi connectivity index (χ1v) is 10.3. The minimum absolute atomic E-state index is 0.00475. The number of carbonyl (C=O) groups is 2. The molecule has 1 aromatic carbocycles. The normalized spacial score (nSPS) is 22.1. The van der Waals surface area contributed by atoms with Gasteiger partial charge in [0.25, 0.3) is 0 Å². The molecular weight excluding hydrogens is 372 g/mol. The Morgan fingerprint density at radius 1 is 1.24 bits per heavy atom. The Bertz CT molecular complexity index is 664. The van der Waals surface area contributed by atoms with Crippen molar-refractivity contribution in [2.24, 2.45) is 11.7 Å². The van der Waals surface area contributed by atoms with Gasteiger partial charge in [-0.05, 0) is 24.3 Å². The molecule has 2 aliphatic heterocycles. The smallest absolute Gasteiger partial charge is 0.326 e. The van der Waals surface area contributed by atoms with Crippen LogP contribution < -0.4 is 11.1 Å². The molecule has 2 heterocycles. The Morgan fingerprint density at radius 3 is 2.66 bits per heavy atom. The summed E-state index contributed by atoms with van der Waals surface area (Å²) in [7, 11) is 1.66. The summed E-state index contributed by atoms with van der Waals surface area (Å²) in [6.07, 6.45) is 1.61. The summed E-state index contributed by atoms with van der Waals surface area (Å²) < 4.78 is 11.1. The first-order chi connectivity index (χ1) is 14.1. The highest BCUT2D eigenvalue weighted by Gasteiger charge is 2.33. The number of urea groups is 1. The summed E-state index contributed by atoms with van der Waals surface area (Å²) in [5.74, 6) is 0.107. The minimum Gasteiger partial charge on any atom is -0.460 e. The van der Waals surface area contributed by atoms with E-state index in [9.17, 15) is 9.59 Å². The number of benzene rings is 1. The molecule has 160 valence electrons.